The molecular weight excluding hydrogens is 416 g/mol. The van der Waals surface area contributed by atoms with Crippen molar-refractivity contribution in [1.82, 2.24) is 0 Å². The van der Waals surface area contributed by atoms with Crippen molar-refractivity contribution in [2.24, 2.45) is 0 Å². The first-order valence-corrected chi connectivity index (χ1v) is 11.6. The van der Waals surface area contributed by atoms with Gasteiger partial charge in [0, 0.05) is 12.8 Å². The SMILES string of the molecule is C=CCC1(O)c2ccccc2-c2ccccc21.C=CCC1(O)c2ccccc2-c2ccccc21. The molecule has 0 spiro atoms. The molecule has 2 nitrogen and oxygen atoms in total. The second kappa shape index (κ2) is 8.57. The van der Waals surface area contributed by atoms with Crippen LogP contribution in [-0.4, -0.2) is 10.2 Å². The Morgan fingerprint density at radius 1 is 0.471 bits per heavy atom. The molecule has 0 radical (unpaired) electrons. The Bertz CT molecular complexity index is 1180. The lowest BCUT2D eigenvalue weighted by molar-refractivity contribution is 0.0887. The topological polar surface area (TPSA) is 40.5 Å². The van der Waals surface area contributed by atoms with Gasteiger partial charge in [-0.15, -0.1) is 13.2 Å². The second-order valence-corrected chi connectivity index (χ2v) is 8.89. The highest BCUT2D eigenvalue weighted by Crippen LogP contribution is 2.50. The standard InChI is InChI=1S/2C16H14O/c2*1-2-11-16(17)14-9-5-3-7-12(14)13-8-4-6-10-15(13)16/h2*2-10,17H,1,11H2. The van der Waals surface area contributed by atoms with Gasteiger partial charge in [0.15, 0.2) is 0 Å². The molecule has 0 unspecified atom stereocenters. The number of aliphatic hydroxyl groups is 2. The fraction of sp³-hybridized carbons (Fsp3) is 0.125. The Morgan fingerprint density at radius 2 is 0.706 bits per heavy atom. The summed E-state index contributed by atoms with van der Waals surface area (Å²) in [5, 5.41) is 21.8. The van der Waals surface area contributed by atoms with Crippen molar-refractivity contribution in [2.45, 2.75) is 24.0 Å². The van der Waals surface area contributed by atoms with Gasteiger partial charge in [0.1, 0.15) is 11.2 Å². The molecule has 2 N–H and O–H groups in total. The molecule has 2 aliphatic rings. The minimum atomic E-state index is -0.908. The number of hydrogen-bond acceptors (Lipinski definition) is 2. The molecule has 168 valence electrons. The molecule has 0 amide bonds. The monoisotopic (exact) mass is 444 g/mol. The van der Waals surface area contributed by atoms with E-state index in [1.807, 2.05) is 72.8 Å². The molecule has 0 saturated carbocycles. The lowest BCUT2D eigenvalue weighted by atomic mass is 9.88. The Labute approximate surface area is 201 Å². The first kappa shape index (κ1) is 22.1. The van der Waals surface area contributed by atoms with Crippen LogP contribution < -0.4 is 0 Å². The van der Waals surface area contributed by atoms with Gasteiger partial charge >= 0.3 is 0 Å². The highest BCUT2D eigenvalue weighted by atomic mass is 16.3. The Hall–Kier alpha value is -3.72. The fourth-order valence-corrected chi connectivity index (χ4v) is 5.46. The van der Waals surface area contributed by atoms with E-state index in [0.29, 0.717) is 12.8 Å². The van der Waals surface area contributed by atoms with Crippen LogP contribution in [0.1, 0.15) is 35.1 Å². The molecule has 0 aliphatic heterocycles. The van der Waals surface area contributed by atoms with E-state index < -0.39 is 11.2 Å². The lowest BCUT2D eigenvalue weighted by Gasteiger charge is -2.24. The molecule has 4 aromatic rings. The number of benzene rings is 4. The van der Waals surface area contributed by atoms with Crippen molar-refractivity contribution in [2.75, 3.05) is 0 Å². The third kappa shape index (κ3) is 3.27. The molecule has 2 aliphatic carbocycles. The third-order valence-corrected chi connectivity index (χ3v) is 6.95. The second-order valence-electron chi connectivity index (χ2n) is 8.89. The van der Waals surface area contributed by atoms with Crippen LogP contribution in [-0.2, 0) is 11.2 Å². The summed E-state index contributed by atoms with van der Waals surface area (Å²) in [5.41, 5.74) is 6.66. The maximum Gasteiger partial charge on any atom is 0.119 e. The van der Waals surface area contributed by atoms with E-state index in [1.54, 1.807) is 12.2 Å². The smallest absolute Gasteiger partial charge is 0.119 e. The molecule has 0 fully saturated rings. The largest absolute Gasteiger partial charge is 0.380 e. The summed E-state index contributed by atoms with van der Waals surface area (Å²) >= 11 is 0. The average molecular weight is 445 g/mol. The zero-order valence-electron chi connectivity index (χ0n) is 19.1. The fourth-order valence-electron chi connectivity index (χ4n) is 5.46. The van der Waals surface area contributed by atoms with Crippen LogP contribution in [0, 0.1) is 0 Å². The quantitative estimate of drug-likeness (QED) is 0.334. The van der Waals surface area contributed by atoms with Gasteiger partial charge in [-0.1, -0.05) is 109 Å². The third-order valence-electron chi connectivity index (χ3n) is 6.95. The molecule has 4 aromatic carbocycles. The molecule has 0 atom stereocenters. The predicted octanol–water partition coefficient (Wildman–Crippen LogP) is 6.96. The minimum absolute atomic E-state index is 0.543. The summed E-state index contributed by atoms with van der Waals surface area (Å²) in [7, 11) is 0. The van der Waals surface area contributed by atoms with Crippen LogP contribution >= 0.6 is 0 Å². The minimum Gasteiger partial charge on any atom is -0.380 e. The van der Waals surface area contributed by atoms with Crippen LogP contribution in [0.25, 0.3) is 22.3 Å². The number of hydrogen-bond donors (Lipinski definition) is 2. The van der Waals surface area contributed by atoms with E-state index >= 15 is 0 Å². The summed E-state index contributed by atoms with van der Waals surface area (Å²) in [4.78, 5) is 0. The van der Waals surface area contributed by atoms with Crippen LogP contribution in [0.5, 0.6) is 0 Å². The molecule has 0 saturated heterocycles. The summed E-state index contributed by atoms with van der Waals surface area (Å²) in [5.74, 6) is 0. The summed E-state index contributed by atoms with van der Waals surface area (Å²) in [6.07, 6.45) is 4.64. The van der Waals surface area contributed by atoms with Gasteiger partial charge in [-0.3, -0.25) is 0 Å². The van der Waals surface area contributed by atoms with Crippen LogP contribution in [0.4, 0.5) is 0 Å². The molecule has 34 heavy (non-hydrogen) atoms. The first-order valence-electron chi connectivity index (χ1n) is 11.6. The average Bonchev–Trinajstić information content (AvgIpc) is 3.28. The highest BCUT2D eigenvalue weighted by Gasteiger charge is 2.40. The van der Waals surface area contributed by atoms with Crippen LogP contribution in [0.2, 0.25) is 0 Å². The maximum absolute atomic E-state index is 10.9. The highest BCUT2D eigenvalue weighted by molar-refractivity contribution is 5.81. The summed E-state index contributed by atoms with van der Waals surface area (Å²) in [6, 6.07) is 32.2. The van der Waals surface area contributed by atoms with E-state index in [2.05, 4.69) is 37.4 Å². The van der Waals surface area contributed by atoms with Crippen LogP contribution in [0.15, 0.2) is 122 Å². The van der Waals surface area contributed by atoms with E-state index in [4.69, 9.17) is 0 Å². The molecule has 0 aromatic heterocycles. The van der Waals surface area contributed by atoms with E-state index in [9.17, 15) is 10.2 Å². The van der Waals surface area contributed by atoms with Crippen molar-refractivity contribution in [3.05, 3.63) is 145 Å². The van der Waals surface area contributed by atoms with E-state index in [-0.39, 0.29) is 0 Å². The van der Waals surface area contributed by atoms with Gasteiger partial charge in [0.05, 0.1) is 0 Å². The zero-order chi connectivity index (χ0) is 23.8. The molecular formula is C32H28O2. The molecule has 2 heteroatoms. The van der Waals surface area contributed by atoms with E-state index in [1.165, 1.54) is 0 Å². The van der Waals surface area contributed by atoms with E-state index in [0.717, 1.165) is 44.5 Å². The Balaban J connectivity index is 0.000000142. The summed E-state index contributed by atoms with van der Waals surface area (Å²) in [6.45, 7) is 7.51. The summed E-state index contributed by atoms with van der Waals surface area (Å²) < 4.78 is 0. The van der Waals surface area contributed by atoms with Gasteiger partial charge in [-0.05, 0) is 44.5 Å². The maximum atomic E-state index is 10.9. The van der Waals surface area contributed by atoms with Crippen molar-refractivity contribution in [3.63, 3.8) is 0 Å². The van der Waals surface area contributed by atoms with Crippen molar-refractivity contribution >= 4 is 0 Å². The van der Waals surface area contributed by atoms with Gasteiger partial charge in [-0.25, -0.2) is 0 Å². The Morgan fingerprint density at radius 3 is 0.941 bits per heavy atom. The van der Waals surface area contributed by atoms with Crippen molar-refractivity contribution < 1.29 is 10.2 Å². The first-order chi connectivity index (χ1) is 16.5. The lowest BCUT2D eigenvalue weighted by Crippen LogP contribution is -2.23. The zero-order valence-corrected chi connectivity index (χ0v) is 19.1. The van der Waals surface area contributed by atoms with Crippen LogP contribution in [0.3, 0.4) is 0 Å². The van der Waals surface area contributed by atoms with Gasteiger partial charge in [0.2, 0.25) is 0 Å². The van der Waals surface area contributed by atoms with Crippen molar-refractivity contribution in [1.29, 1.82) is 0 Å². The number of rotatable bonds is 4. The van der Waals surface area contributed by atoms with Gasteiger partial charge < -0.3 is 10.2 Å². The molecule has 6 rings (SSSR count). The van der Waals surface area contributed by atoms with Gasteiger partial charge in [-0.2, -0.15) is 0 Å². The van der Waals surface area contributed by atoms with Crippen molar-refractivity contribution in [3.8, 4) is 22.3 Å². The predicted molar refractivity (Wildman–Crippen MR) is 139 cm³/mol. The molecule has 0 bridgehead atoms. The normalized spacial score (nSPS) is 15.1. The Kier molecular flexibility index (Phi) is 5.57. The van der Waals surface area contributed by atoms with Gasteiger partial charge in [0.25, 0.3) is 0 Å². The molecule has 0 heterocycles. The number of fused-ring (bicyclic) bond motifs is 6.